The highest BCUT2D eigenvalue weighted by Gasteiger charge is 2.43. The van der Waals surface area contributed by atoms with E-state index in [1.54, 1.807) is 12.1 Å². The van der Waals surface area contributed by atoms with Gasteiger partial charge in [0.1, 0.15) is 12.4 Å². The number of hydrogen-bond acceptors (Lipinski definition) is 4. The normalized spacial score (nSPS) is 14.6. The topological polar surface area (TPSA) is 81.5 Å². The molecule has 0 spiro atoms. The van der Waals surface area contributed by atoms with Crippen molar-refractivity contribution in [1.82, 2.24) is 0 Å². The van der Waals surface area contributed by atoms with E-state index in [1.165, 1.54) is 12.1 Å². The van der Waals surface area contributed by atoms with E-state index in [0.29, 0.717) is 6.61 Å². The second kappa shape index (κ2) is 9.45. The number of nitro benzene ring substituents is 1. The molecule has 6 nitrogen and oxygen atoms in total. The molecule has 170 valence electrons. The van der Waals surface area contributed by atoms with E-state index in [4.69, 9.17) is 4.74 Å². The highest BCUT2D eigenvalue weighted by Crippen LogP contribution is 2.42. The molecule has 0 radical (unpaired) electrons. The first-order valence-electron chi connectivity index (χ1n) is 11.2. The van der Waals surface area contributed by atoms with Gasteiger partial charge in [-0.15, -0.1) is 0 Å². The fraction of sp³-hybridized carbons (Fsp3) is 0.296. The third kappa shape index (κ3) is 4.75. The monoisotopic (exact) mass is 444 g/mol. The number of nitrogens with zero attached hydrogens (tertiary/aromatic N) is 1. The Morgan fingerprint density at radius 1 is 1.00 bits per heavy atom. The third-order valence-corrected chi connectivity index (χ3v) is 6.47. The Hall–Kier alpha value is -3.67. The van der Waals surface area contributed by atoms with Crippen molar-refractivity contribution in [1.29, 1.82) is 0 Å². The molecule has 0 aromatic heterocycles. The van der Waals surface area contributed by atoms with E-state index >= 15 is 0 Å². The van der Waals surface area contributed by atoms with E-state index < -0.39 is 10.3 Å². The summed E-state index contributed by atoms with van der Waals surface area (Å²) in [5.41, 5.74) is 3.94. The number of ether oxygens (including phenoxy) is 1. The molecule has 0 atom stereocenters. The Labute approximate surface area is 193 Å². The van der Waals surface area contributed by atoms with Gasteiger partial charge in [-0.25, -0.2) is 0 Å². The molecule has 1 aliphatic carbocycles. The third-order valence-electron chi connectivity index (χ3n) is 6.47. The number of carbonyl (C=O) groups is 1. The number of anilines is 1. The Morgan fingerprint density at radius 3 is 2.18 bits per heavy atom. The molecule has 1 aliphatic rings. The van der Waals surface area contributed by atoms with Gasteiger partial charge in [0.15, 0.2) is 0 Å². The zero-order valence-electron chi connectivity index (χ0n) is 19.0. The number of non-ortho nitro benzene ring substituents is 1. The maximum absolute atomic E-state index is 13.5. The van der Waals surface area contributed by atoms with Gasteiger partial charge in [-0.2, -0.15) is 0 Å². The average molecular weight is 445 g/mol. The minimum absolute atomic E-state index is 0.0321. The number of carbonyl (C=O) groups excluding carboxylic acids is 1. The summed E-state index contributed by atoms with van der Waals surface area (Å²) in [5, 5.41) is 14.1. The van der Waals surface area contributed by atoms with Crippen LogP contribution < -0.4 is 10.1 Å². The van der Waals surface area contributed by atoms with Gasteiger partial charge >= 0.3 is 0 Å². The average Bonchev–Trinajstić information content (AvgIpc) is 3.31. The molecule has 1 amide bonds. The molecule has 33 heavy (non-hydrogen) atoms. The van der Waals surface area contributed by atoms with Crippen LogP contribution in [0.15, 0.2) is 66.7 Å². The van der Waals surface area contributed by atoms with Crippen molar-refractivity contribution >= 4 is 17.3 Å². The van der Waals surface area contributed by atoms with Crippen molar-refractivity contribution in [3.8, 4) is 5.75 Å². The molecule has 0 unspecified atom stereocenters. The second-order valence-corrected chi connectivity index (χ2v) is 8.76. The molecule has 4 rings (SSSR count). The molecular formula is C27H28N2O4. The summed E-state index contributed by atoms with van der Waals surface area (Å²) >= 11 is 0. The molecule has 1 saturated carbocycles. The van der Waals surface area contributed by atoms with Gasteiger partial charge in [0, 0.05) is 17.8 Å². The van der Waals surface area contributed by atoms with E-state index in [0.717, 1.165) is 59.4 Å². The maximum atomic E-state index is 13.5. The highest BCUT2D eigenvalue weighted by atomic mass is 16.6. The molecule has 0 heterocycles. The van der Waals surface area contributed by atoms with Crippen LogP contribution in [0.2, 0.25) is 0 Å². The van der Waals surface area contributed by atoms with Crippen molar-refractivity contribution in [3.63, 3.8) is 0 Å². The fourth-order valence-electron chi connectivity index (χ4n) is 4.76. The van der Waals surface area contributed by atoms with E-state index in [1.807, 2.05) is 56.3 Å². The van der Waals surface area contributed by atoms with Gasteiger partial charge in [-0.1, -0.05) is 55.3 Å². The number of aryl methyl sites for hydroxylation is 2. The quantitative estimate of drug-likeness (QED) is 0.345. The lowest BCUT2D eigenvalue weighted by molar-refractivity contribution is -0.384. The summed E-state index contributed by atoms with van der Waals surface area (Å²) in [7, 11) is 0. The van der Waals surface area contributed by atoms with Gasteiger partial charge in [-0.3, -0.25) is 14.9 Å². The van der Waals surface area contributed by atoms with Crippen LogP contribution in [0.5, 0.6) is 5.75 Å². The SMILES string of the molecule is Cc1cc(NC(=O)C2(c3ccc([N+](=O)[O-])cc3)CCCC2)cc(C)c1OCc1ccccc1. The number of rotatable bonds is 7. The van der Waals surface area contributed by atoms with Crippen LogP contribution in [0.4, 0.5) is 11.4 Å². The van der Waals surface area contributed by atoms with Crippen molar-refractivity contribution < 1.29 is 14.5 Å². The molecule has 0 saturated heterocycles. The van der Waals surface area contributed by atoms with Gasteiger partial charge < -0.3 is 10.1 Å². The van der Waals surface area contributed by atoms with Gasteiger partial charge in [0.2, 0.25) is 5.91 Å². The van der Waals surface area contributed by atoms with E-state index in [9.17, 15) is 14.9 Å². The lowest BCUT2D eigenvalue weighted by atomic mass is 9.78. The number of benzene rings is 3. The van der Waals surface area contributed by atoms with Crippen LogP contribution in [0.25, 0.3) is 0 Å². The zero-order valence-corrected chi connectivity index (χ0v) is 19.0. The smallest absolute Gasteiger partial charge is 0.269 e. The lowest BCUT2D eigenvalue weighted by Gasteiger charge is -2.28. The van der Waals surface area contributed by atoms with Gasteiger partial charge in [-0.05, 0) is 61.1 Å². The first-order valence-corrected chi connectivity index (χ1v) is 11.2. The highest BCUT2D eigenvalue weighted by molar-refractivity contribution is 5.99. The van der Waals surface area contributed by atoms with Crippen LogP contribution in [0.3, 0.4) is 0 Å². The Kier molecular flexibility index (Phi) is 6.45. The number of nitro groups is 1. The van der Waals surface area contributed by atoms with Crippen molar-refractivity contribution in [2.75, 3.05) is 5.32 Å². The molecule has 3 aromatic rings. The number of hydrogen-bond donors (Lipinski definition) is 1. The summed E-state index contributed by atoms with van der Waals surface area (Å²) in [5.74, 6) is 0.758. The van der Waals surface area contributed by atoms with E-state index in [-0.39, 0.29) is 11.6 Å². The lowest BCUT2D eigenvalue weighted by Crippen LogP contribution is -2.38. The maximum Gasteiger partial charge on any atom is 0.269 e. The van der Waals surface area contributed by atoms with Crippen LogP contribution >= 0.6 is 0 Å². The van der Waals surface area contributed by atoms with Crippen molar-refractivity contribution in [3.05, 3.63) is 99.1 Å². The second-order valence-electron chi connectivity index (χ2n) is 8.76. The molecule has 3 aromatic carbocycles. The molecule has 0 aliphatic heterocycles. The van der Waals surface area contributed by atoms with Gasteiger partial charge in [0.25, 0.3) is 5.69 Å². The summed E-state index contributed by atoms with van der Waals surface area (Å²) in [6.45, 7) is 4.44. The van der Waals surface area contributed by atoms with E-state index in [2.05, 4.69) is 5.32 Å². The predicted octanol–water partition coefficient (Wildman–Crippen LogP) is 6.24. The zero-order chi connectivity index (χ0) is 23.4. The first kappa shape index (κ1) is 22.5. The molecular weight excluding hydrogens is 416 g/mol. The van der Waals surface area contributed by atoms with Crippen LogP contribution in [-0.2, 0) is 16.8 Å². The summed E-state index contributed by atoms with van der Waals surface area (Å²) in [4.78, 5) is 24.1. The van der Waals surface area contributed by atoms with Crippen molar-refractivity contribution in [2.45, 2.75) is 51.6 Å². The number of amides is 1. The fourth-order valence-corrected chi connectivity index (χ4v) is 4.76. The number of nitrogens with one attached hydrogen (secondary N) is 1. The first-order chi connectivity index (χ1) is 15.9. The summed E-state index contributed by atoms with van der Waals surface area (Å²) in [6.07, 6.45) is 3.36. The minimum atomic E-state index is -0.667. The van der Waals surface area contributed by atoms with Crippen LogP contribution in [0.1, 0.15) is 47.9 Å². The van der Waals surface area contributed by atoms with Crippen LogP contribution in [-0.4, -0.2) is 10.8 Å². The standard InChI is InChI=1S/C27H28N2O4/c1-19-16-23(17-20(2)25(19)33-18-21-8-4-3-5-9-21)28-26(30)27(14-6-7-15-27)22-10-12-24(13-11-22)29(31)32/h3-5,8-13,16-17H,6-7,14-15,18H2,1-2H3,(H,28,30). The van der Waals surface area contributed by atoms with Gasteiger partial charge in [0.05, 0.1) is 10.3 Å². The van der Waals surface area contributed by atoms with Crippen LogP contribution in [0, 0.1) is 24.0 Å². The van der Waals surface area contributed by atoms with Crippen molar-refractivity contribution in [2.24, 2.45) is 0 Å². The Balaban J connectivity index is 1.53. The summed E-state index contributed by atoms with van der Waals surface area (Å²) in [6, 6.07) is 20.3. The predicted molar refractivity (Wildman–Crippen MR) is 129 cm³/mol. The Morgan fingerprint density at radius 2 is 1.61 bits per heavy atom. The molecule has 1 fully saturated rings. The summed E-state index contributed by atoms with van der Waals surface area (Å²) < 4.78 is 6.07. The molecule has 6 heteroatoms. The Bertz CT molecular complexity index is 1130. The molecule has 1 N–H and O–H groups in total. The minimum Gasteiger partial charge on any atom is -0.488 e. The molecule has 0 bridgehead atoms. The largest absolute Gasteiger partial charge is 0.488 e.